The molecule has 0 aromatic heterocycles. The van der Waals surface area contributed by atoms with E-state index in [0.29, 0.717) is 15.6 Å². The van der Waals surface area contributed by atoms with Crippen LogP contribution in [0.1, 0.15) is 10.4 Å². The molecule has 1 N–H and O–H groups in total. The van der Waals surface area contributed by atoms with Gasteiger partial charge in [0.15, 0.2) is 0 Å². The van der Waals surface area contributed by atoms with E-state index in [1.165, 1.54) is 12.1 Å². The smallest absolute Gasteiger partial charge is 0.252 e. The van der Waals surface area contributed by atoms with Gasteiger partial charge >= 0.3 is 0 Å². The van der Waals surface area contributed by atoms with Crippen LogP contribution in [0.3, 0.4) is 0 Å². The van der Waals surface area contributed by atoms with Gasteiger partial charge in [0.2, 0.25) is 0 Å². The number of hydrogen-bond acceptors (Lipinski definition) is 1. The SMILES string of the molecule is C#CCNC(=O)c1cc(Cl)cc(Cl)c1. The standard InChI is InChI=1S/C10H7Cl2NO/c1-2-3-13-10(14)7-4-8(11)6-9(12)5-7/h1,4-6H,3H2,(H,13,14). The van der Waals surface area contributed by atoms with Crippen molar-refractivity contribution in [2.24, 2.45) is 0 Å². The number of rotatable bonds is 2. The summed E-state index contributed by atoms with van der Waals surface area (Å²) >= 11 is 11.4. The molecular formula is C10H7Cl2NO. The van der Waals surface area contributed by atoms with Crippen molar-refractivity contribution in [3.63, 3.8) is 0 Å². The van der Waals surface area contributed by atoms with E-state index in [1.807, 2.05) is 0 Å². The monoisotopic (exact) mass is 227 g/mol. The molecule has 0 fully saturated rings. The number of nitrogens with one attached hydrogen (secondary N) is 1. The molecule has 0 bridgehead atoms. The first-order valence-electron chi connectivity index (χ1n) is 3.81. The molecule has 0 saturated heterocycles. The summed E-state index contributed by atoms with van der Waals surface area (Å²) in [6.45, 7) is 0.183. The maximum absolute atomic E-state index is 11.4. The van der Waals surface area contributed by atoms with Crippen molar-refractivity contribution in [3.05, 3.63) is 33.8 Å². The molecule has 0 aliphatic heterocycles. The lowest BCUT2D eigenvalue weighted by molar-refractivity contribution is 0.0958. The van der Waals surface area contributed by atoms with Gasteiger partial charge < -0.3 is 5.32 Å². The first-order valence-corrected chi connectivity index (χ1v) is 4.57. The molecule has 1 aromatic carbocycles. The van der Waals surface area contributed by atoms with Gasteiger partial charge in [-0.15, -0.1) is 6.42 Å². The van der Waals surface area contributed by atoms with Crippen LogP contribution in [0.2, 0.25) is 10.0 Å². The highest BCUT2D eigenvalue weighted by molar-refractivity contribution is 6.35. The zero-order valence-electron chi connectivity index (χ0n) is 7.18. The first kappa shape index (κ1) is 10.9. The molecule has 0 atom stereocenters. The number of carbonyl (C=O) groups is 1. The average molecular weight is 228 g/mol. The molecule has 1 aromatic rings. The number of amides is 1. The lowest BCUT2D eigenvalue weighted by Crippen LogP contribution is -2.23. The van der Waals surface area contributed by atoms with Crippen LogP contribution in [0, 0.1) is 12.3 Å². The third-order valence-electron chi connectivity index (χ3n) is 1.48. The number of halogens is 2. The fourth-order valence-corrected chi connectivity index (χ4v) is 1.44. The summed E-state index contributed by atoms with van der Waals surface area (Å²) in [6.07, 6.45) is 5.00. The molecule has 72 valence electrons. The van der Waals surface area contributed by atoms with Crippen LogP contribution >= 0.6 is 23.2 Å². The van der Waals surface area contributed by atoms with Crippen molar-refractivity contribution in [1.29, 1.82) is 0 Å². The van der Waals surface area contributed by atoms with Gasteiger partial charge in [-0.05, 0) is 18.2 Å². The predicted molar refractivity (Wildman–Crippen MR) is 57.6 cm³/mol. The topological polar surface area (TPSA) is 29.1 Å². The molecule has 0 aliphatic rings. The van der Waals surface area contributed by atoms with E-state index in [4.69, 9.17) is 29.6 Å². The molecule has 14 heavy (non-hydrogen) atoms. The van der Waals surface area contributed by atoms with Crippen LogP contribution < -0.4 is 5.32 Å². The molecule has 0 aliphatic carbocycles. The number of carbonyl (C=O) groups excluding carboxylic acids is 1. The zero-order chi connectivity index (χ0) is 10.6. The Balaban J connectivity index is 2.85. The maximum Gasteiger partial charge on any atom is 0.252 e. The van der Waals surface area contributed by atoms with Crippen LogP contribution in [0.5, 0.6) is 0 Å². The molecule has 4 heteroatoms. The van der Waals surface area contributed by atoms with Crippen LogP contribution in [-0.2, 0) is 0 Å². The van der Waals surface area contributed by atoms with Gasteiger partial charge in [0.1, 0.15) is 0 Å². The molecular weight excluding hydrogens is 221 g/mol. The Hall–Kier alpha value is -1.17. The lowest BCUT2D eigenvalue weighted by Gasteiger charge is -2.02. The predicted octanol–water partition coefficient (Wildman–Crippen LogP) is 2.36. The van der Waals surface area contributed by atoms with Crippen LogP contribution in [-0.4, -0.2) is 12.5 Å². The Bertz CT molecular complexity index is 375. The van der Waals surface area contributed by atoms with E-state index in [1.54, 1.807) is 6.07 Å². The van der Waals surface area contributed by atoms with E-state index >= 15 is 0 Å². The van der Waals surface area contributed by atoms with E-state index in [2.05, 4.69) is 11.2 Å². The minimum absolute atomic E-state index is 0.183. The van der Waals surface area contributed by atoms with Gasteiger partial charge in [0, 0.05) is 15.6 Å². The van der Waals surface area contributed by atoms with E-state index in [-0.39, 0.29) is 12.5 Å². The lowest BCUT2D eigenvalue weighted by atomic mass is 10.2. The third kappa shape index (κ3) is 2.95. The van der Waals surface area contributed by atoms with Gasteiger partial charge in [-0.1, -0.05) is 29.1 Å². The summed E-state index contributed by atoms with van der Waals surface area (Å²) in [5.74, 6) is 2.01. The fourth-order valence-electron chi connectivity index (χ4n) is 0.918. The third-order valence-corrected chi connectivity index (χ3v) is 1.91. The highest BCUT2D eigenvalue weighted by Crippen LogP contribution is 2.18. The van der Waals surface area contributed by atoms with Crippen molar-refractivity contribution in [1.82, 2.24) is 5.32 Å². The highest BCUT2D eigenvalue weighted by Gasteiger charge is 2.06. The normalized spacial score (nSPS) is 9.21. The Labute approximate surface area is 92.2 Å². The molecule has 1 rings (SSSR count). The molecule has 2 nitrogen and oxygen atoms in total. The van der Waals surface area contributed by atoms with Crippen molar-refractivity contribution in [3.8, 4) is 12.3 Å². The summed E-state index contributed by atoms with van der Waals surface area (Å²) in [5, 5.41) is 3.35. The Morgan fingerprint density at radius 2 is 1.93 bits per heavy atom. The van der Waals surface area contributed by atoms with Gasteiger partial charge in [0.05, 0.1) is 6.54 Å². The van der Waals surface area contributed by atoms with Crippen molar-refractivity contribution in [2.75, 3.05) is 6.54 Å². The fraction of sp³-hybridized carbons (Fsp3) is 0.100. The average Bonchev–Trinajstić information content (AvgIpc) is 2.12. The van der Waals surface area contributed by atoms with Crippen molar-refractivity contribution in [2.45, 2.75) is 0 Å². The summed E-state index contributed by atoms with van der Waals surface area (Å²) in [5.41, 5.74) is 0.401. The molecule has 0 heterocycles. The largest absolute Gasteiger partial charge is 0.341 e. The first-order chi connectivity index (χ1) is 6.63. The number of terminal acetylenes is 1. The van der Waals surface area contributed by atoms with E-state index < -0.39 is 0 Å². The summed E-state index contributed by atoms with van der Waals surface area (Å²) in [7, 11) is 0. The van der Waals surface area contributed by atoms with Crippen molar-refractivity contribution >= 4 is 29.1 Å². The van der Waals surface area contributed by atoms with Gasteiger partial charge in [-0.2, -0.15) is 0 Å². The molecule has 0 radical (unpaired) electrons. The highest BCUT2D eigenvalue weighted by atomic mass is 35.5. The van der Waals surface area contributed by atoms with E-state index in [9.17, 15) is 4.79 Å². The second kappa shape index (κ2) is 4.90. The van der Waals surface area contributed by atoms with Crippen molar-refractivity contribution < 1.29 is 4.79 Å². The van der Waals surface area contributed by atoms with Gasteiger partial charge in [-0.3, -0.25) is 4.79 Å². The summed E-state index contributed by atoms with van der Waals surface area (Å²) < 4.78 is 0. The number of benzene rings is 1. The second-order valence-corrected chi connectivity index (χ2v) is 3.42. The minimum Gasteiger partial charge on any atom is -0.341 e. The van der Waals surface area contributed by atoms with Crippen LogP contribution in [0.25, 0.3) is 0 Å². The zero-order valence-corrected chi connectivity index (χ0v) is 8.69. The Kier molecular flexibility index (Phi) is 3.82. The van der Waals surface area contributed by atoms with Crippen LogP contribution in [0.15, 0.2) is 18.2 Å². The second-order valence-electron chi connectivity index (χ2n) is 2.54. The minimum atomic E-state index is -0.285. The van der Waals surface area contributed by atoms with E-state index in [0.717, 1.165) is 0 Å². The molecule has 0 saturated carbocycles. The number of hydrogen-bond donors (Lipinski definition) is 1. The Morgan fingerprint density at radius 1 is 1.36 bits per heavy atom. The van der Waals surface area contributed by atoms with Gasteiger partial charge in [-0.25, -0.2) is 0 Å². The summed E-state index contributed by atoms with van der Waals surface area (Å²) in [4.78, 5) is 11.4. The summed E-state index contributed by atoms with van der Waals surface area (Å²) in [6, 6.07) is 4.61. The molecule has 0 unspecified atom stereocenters. The van der Waals surface area contributed by atoms with Gasteiger partial charge in [0.25, 0.3) is 5.91 Å². The molecule has 0 spiro atoms. The maximum atomic E-state index is 11.4. The Morgan fingerprint density at radius 3 is 2.43 bits per heavy atom. The van der Waals surface area contributed by atoms with Crippen LogP contribution in [0.4, 0.5) is 0 Å². The quantitative estimate of drug-likeness (QED) is 0.773. The molecule has 1 amide bonds.